The van der Waals surface area contributed by atoms with Crippen LogP contribution >= 0.6 is 0 Å². The quantitative estimate of drug-likeness (QED) is 0.493. The summed E-state index contributed by atoms with van der Waals surface area (Å²) in [6, 6.07) is 16.2. The van der Waals surface area contributed by atoms with Gasteiger partial charge in [-0.05, 0) is 74.6 Å². The summed E-state index contributed by atoms with van der Waals surface area (Å²) in [5.41, 5.74) is 2.29. The van der Waals surface area contributed by atoms with E-state index in [0.717, 1.165) is 35.1 Å². The highest BCUT2D eigenvalue weighted by Gasteiger charge is 2.51. The number of carboxylic acids is 1. The number of hydrogen-bond acceptors (Lipinski definition) is 6. The number of benzene rings is 2. The first-order valence-electron chi connectivity index (χ1n) is 14.5. The number of aliphatic carboxylic acids is 1. The van der Waals surface area contributed by atoms with Crippen LogP contribution in [0.5, 0.6) is 0 Å². The summed E-state index contributed by atoms with van der Waals surface area (Å²) in [5, 5.41) is 10.6. The summed E-state index contributed by atoms with van der Waals surface area (Å²) >= 11 is 0. The number of ether oxygens (including phenoxy) is 3. The van der Waals surface area contributed by atoms with Gasteiger partial charge in [0.25, 0.3) is 0 Å². The van der Waals surface area contributed by atoms with Crippen LogP contribution in [0.3, 0.4) is 0 Å². The van der Waals surface area contributed by atoms with Crippen molar-refractivity contribution in [2.24, 2.45) is 5.92 Å². The molecule has 2 fully saturated rings. The Morgan fingerprint density at radius 1 is 0.976 bits per heavy atom. The van der Waals surface area contributed by atoms with Crippen molar-refractivity contribution >= 4 is 18.2 Å². The number of hydrogen-bond donors (Lipinski definition) is 1. The molecule has 2 aromatic rings. The normalized spacial score (nSPS) is 18.8. The molecule has 0 atom stereocenters. The van der Waals surface area contributed by atoms with Crippen molar-refractivity contribution in [3.63, 3.8) is 0 Å². The number of likely N-dealkylation sites (tertiary alicyclic amines) is 1. The molecule has 5 rings (SSSR count). The van der Waals surface area contributed by atoms with Crippen LogP contribution in [0.25, 0.3) is 11.1 Å². The van der Waals surface area contributed by atoms with Gasteiger partial charge in [0.1, 0.15) is 17.7 Å². The first-order valence-corrected chi connectivity index (χ1v) is 14.5. The minimum atomic E-state index is -1.49. The molecule has 9 heteroatoms. The second-order valence-electron chi connectivity index (χ2n) is 12.3. The zero-order valence-electron chi connectivity index (χ0n) is 24.1. The highest BCUT2D eigenvalue weighted by atomic mass is 16.6. The lowest BCUT2D eigenvalue weighted by Gasteiger charge is -2.46. The molecular weight excluding hydrogens is 524 g/mol. The Kier molecular flexibility index (Phi) is 8.27. The second kappa shape index (κ2) is 11.7. The van der Waals surface area contributed by atoms with Crippen LogP contribution in [0.2, 0.25) is 0 Å². The molecule has 220 valence electrons. The number of carbonyl (C=O) groups is 3. The molecule has 1 aliphatic carbocycles. The predicted octanol–water partition coefficient (Wildman–Crippen LogP) is 5.52. The van der Waals surface area contributed by atoms with Crippen LogP contribution in [0, 0.1) is 5.92 Å². The first-order chi connectivity index (χ1) is 19.6. The summed E-state index contributed by atoms with van der Waals surface area (Å²) in [5.74, 6) is -1.11. The van der Waals surface area contributed by atoms with Gasteiger partial charge in [0.15, 0.2) is 0 Å². The Hall–Kier alpha value is -3.59. The molecule has 2 aromatic carbocycles. The van der Waals surface area contributed by atoms with Crippen molar-refractivity contribution in [3.8, 4) is 11.1 Å². The predicted molar refractivity (Wildman–Crippen MR) is 153 cm³/mol. The average molecular weight is 565 g/mol. The molecule has 0 saturated carbocycles. The van der Waals surface area contributed by atoms with Gasteiger partial charge in [-0.25, -0.2) is 14.4 Å². The molecule has 0 aromatic heterocycles. The van der Waals surface area contributed by atoms with Gasteiger partial charge < -0.3 is 24.2 Å². The van der Waals surface area contributed by atoms with Crippen LogP contribution in [-0.2, 0) is 19.0 Å². The van der Waals surface area contributed by atoms with E-state index >= 15 is 0 Å². The number of carbonyl (C=O) groups excluding carboxylic acids is 2. The molecule has 0 spiro atoms. The largest absolute Gasteiger partial charge is 0.479 e. The molecule has 0 unspecified atom stereocenters. The number of fused-ring (bicyclic) bond motifs is 3. The van der Waals surface area contributed by atoms with Gasteiger partial charge in [-0.3, -0.25) is 4.90 Å². The fourth-order valence-corrected chi connectivity index (χ4v) is 6.27. The second-order valence-corrected chi connectivity index (χ2v) is 12.3. The van der Waals surface area contributed by atoms with Gasteiger partial charge in [-0.1, -0.05) is 48.5 Å². The Morgan fingerprint density at radius 3 is 2.07 bits per heavy atom. The van der Waals surface area contributed by atoms with Crippen molar-refractivity contribution in [2.45, 2.75) is 63.5 Å². The molecule has 3 aliphatic rings. The van der Waals surface area contributed by atoms with E-state index in [2.05, 4.69) is 24.3 Å². The molecule has 0 bridgehead atoms. The van der Waals surface area contributed by atoms with E-state index in [1.807, 2.05) is 24.3 Å². The Labute approximate surface area is 241 Å². The smallest absolute Gasteiger partial charge is 0.410 e. The fraction of sp³-hybridized carbons (Fsp3) is 0.531. The summed E-state index contributed by atoms with van der Waals surface area (Å²) in [4.78, 5) is 42.5. The van der Waals surface area contributed by atoms with Crippen LogP contribution < -0.4 is 0 Å². The maximum absolute atomic E-state index is 13.9. The third-order valence-electron chi connectivity index (χ3n) is 8.50. The van der Waals surface area contributed by atoms with Gasteiger partial charge >= 0.3 is 18.2 Å². The Bertz CT molecular complexity index is 1230. The molecule has 1 N–H and O–H groups in total. The summed E-state index contributed by atoms with van der Waals surface area (Å²) in [6.45, 7) is 7.25. The maximum Gasteiger partial charge on any atom is 0.410 e. The van der Waals surface area contributed by atoms with E-state index in [9.17, 15) is 19.5 Å². The minimum absolute atomic E-state index is 0.0923. The van der Waals surface area contributed by atoms with Crippen LogP contribution in [0.1, 0.15) is 63.5 Å². The molecule has 9 nitrogen and oxygen atoms in total. The van der Waals surface area contributed by atoms with Crippen molar-refractivity contribution in [3.05, 3.63) is 59.7 Å². The van der Waals surface area contributed by atoms with Gasteiger partial charge in [0.05, 0.1) is 0 Å². The van der Waals surface area contributed by atoms with E-state index in [1.54, 1.807) is 20.8 Å². The van der Waals surface area contributed by atoms with E-state index in [-0.39, 0.29) is 50.9 Å². The summed E-state index contributed by atoms with van der Waals surface area (Å²) in [6.07, 6.45) is 0.559. The standard InChI is InChI=1S/C32H40N2O7/c1-31(2,3)41-29(37)33-16-14-32(15-17-33,28(35)36)34(20-22-12-18-39-19-13-22)30(38)40-21-27-25-10-6-4-8-23(25)24-9-5-7-11-26(24)27/h4-11,22,27H,12-21H2,1-3H3,(H,35,36). The zero-order valence-corrected chi connectivity index (χ0v) is 24.1. The van der Waals surface area contributed by atoms with Gasteiger partial charge in [0.2, 0.25) is 0 Å². The van der Waals surface area contributed by atoms with E-state index in [1.165, 1.54) is 9.80 Å². The molecule has 2 amide bonds. The van der Waals surface area contributed by atoms with Crippen molar-refractivity contribution in [1.29, 1.82) is 0 Å². The van der Waals surface area contributed by atoms with Gasteiger partial charge in [-0.2, -0.15) is 0 Å². The lowest BCUT2D eigenvalue weighted by Crippen LogP contribution is -2.63. The molecule has 41 heavy (non-hydrogen) atoms. The van der Waals surface area contributed by atoms with E-state index in [4.69, 9.17) is 14.2 Å². The average Bonchev–Trinajstić information content (AvgIpc) is 3.28. The van der Waals surface area contributed by atoms with Crippen LogP contribution in [-0.4, -0.2) is 83.7 Å². The maximum atomic E-state index is 13.9. The van der Waals surface area contributed by atoms with Crippen molar-refractivity contribution in [1.82, 2.24) is 9.80 Å². The van der Waals surface area contributed by atoms with E-state index in [0.29, 0.717) is 13.2 Å². The third kappa shape index (κ3) is 6.05. The monoisotopic (exact) mass is 564 g/mol. The number of nitrogens with zero attached hydrogens (tertiary/aromatic N) is 2. The third-order valence-corrected chi connectivity index (χ3v) is 8.50. The highest BCUT2D eigenvalue weighted by Crippen LogP contribution is 2.44. The highest BCUT2D eigenvalue weighted by molar-refractivity contribution is 5.85. The van der Waals surface area contributed by atoms with Crippen molar-refractivity contribution in [2.75, 3.05) is 39.5 Å². The lowest BCUT2D eigenvalue weighted by atomic mass is 9.84. The van der Waals surface area contributed by atoms with Crippen LogP contribution in [0.15, 0.2) is 48.5 Å². The lowest BCUT2D eigenvalue weighted by molar-refractivity contribution is -0.155. The molecular formula is C32H40N2O7. The SMILES string of the molecule is CC(C)(C)OC(=O)N1CCC(C(=O)O)(N(CC2CCOCC2)C(=O)OCC2c3ccccc3-c3ccccc32)CC1. The minimum Gasteiger partial charge on any atom is -0.479 e. The number of amides is 2. The van der Waals surface area contributed by atoms with Crippen molar-refractivity contribution < 1.29 is 33.7 Å². The Morgan fingerprint density at radius 2 is 1.54 bits per heavy atom. The topological polar surface area (TPSA) is 106 Å². The number of carboxylic acid groups (broad SMARTS) is 1. The number of rotatable bonds is 6. The fourth-order valence-electron chi connectivity index (χ4n) is 6.27. The number of piperidine rings is 1. The first kappa shape index (κ1) is 28.9. The molecule has 2 heterocycles. The summed E-state index contributed by atoms with van der Waals surface area (Å²) in [7, 11) is 0. The Balaban J connectivity index is 1.37. The molecule has 2 aliphatic heterocycles. The van der Waals surface area contributed by atoms with Gasteiger partial charge in [0, 0.05) is 38.8 Å². The van der Waals surface area contributed by atoms with Gasteiger partial charge in [-0.15, -0.1) is 0 Å². The van der Waals surface area contributed by atoms with Crippen LogP contribution in [0.4, 0.5) is 9.59 Å². The zero-order chi connectivity index (χ0) is 29.2. The molecule has 2 saturated heterocycles. The summed E-state index contributed by atoms with van der Waals surface area (Å²) < 4.78 is 17.0. The molecule has 0 radical (unpaired) electrons. The van der Waals surface area contributed by atoms with E-state index < -0.39 is 29.3 Å².